The average molecular weight is 521 g/mol. The maximum absolute atomic E-state index is 15.3. The first-order valence-corrected chi connectivity index (χ1v) is 12.0. The number of hydrogen-bond donors (Lipinski definition) is 3. The number of halogens is 4. The Kier molecular flexibility index (Phi) is 6.67. The van der Waals surface area contributed by atoms with Crippen molar-refractivity contribution in [2.24, 2.45) is 5.92 Å². The van der Waals surface area contributed by atoms with E-state index in [1.165, 1.54) is 12.5 Å². The third-order valence-corrected chi connectivity index (χ3v) is 6.52. The lowest BCUT2D eigenvalue weighted by molar-refractivity contribution is 0.103. The van der Waals surface area contributed by atoms with Crippen molar-refractivity contribution in [3.8, 4) is 0 Å². The Balaban J connectivity index is 1.77. The van der Waals surface area contributed by atoms with Gasteiger partial charge in [0.2, 0.25) is 5.78 Å². The second-order valence-electron chi connectivity index (χ2n) is 8.22. The quantitative estimate of drug-likeness (QED) is 0.230. The van der Waals surface area contributed by atoms with Crippen molar-refractivity contribution in [2.75, 3.05) is 16.6 Å². The predicted molar refractivity (Wildman–Crippen MR) is 124 cm³/mol. The number of hydrogen-bond acceptors (Lipinski definition) is 6. The number of carbonyl (C=O) groups is 1. The minimum Gasteiger partial charge on any atom is -0.369 e. The number of sulfonamides is 1. The summed E-state index contributed by atoms with van der Waals surface area (Å²) in [5, 5.41) is 3.24. The van der Waals surface area contributed by atoms with E-state index in [2.05, 4.69) is 20.3 Å². The van der Waals surface area contributed by atoms with Gasteiger partial charge in [-0.3, -0.25) is 9.52 Å². The third kappa shape index (κ3) is 4.73. The Hall–Kier alpha value is -4.00. The van der Waals surface area contributed by atoms with E-state index in [1.807, 2.05) is 13.8 Å². The van der Waals surface area contributed by atoms with Gasteiger partial charge in [-0.1, -0.05) is 13.8 Å². The molecule has 0 fully saturated rings. The average Bonchev–Trinajstić information content (AvgIpc) is 3.26. The Bertz CT molecular complexity index is 1590. The summed E-state index contributed by atoms with van der Waals surface area (Å²) in [6.45, 7) is 4.38. The zero-order valence-corrected chi connectivity index (χ0v) is 19.7. The number of ketones is 1. The minimum absolute atomic E-state index is 0.161. The van der Waals surface area contributed by atoms with E-state index in [1.54, 1.807) is 4.72 Å². The molecule has 188 valence electrons. The zero-order chi connectivity index (χ0) is 26.2. The summed E-state index contributed by atoms with van der Waals surface area (Å²) in [5.41, 5.74) is -1.82. The van der Waals surface area contributed by atoms with Crippen molar-refractivity contribution in [3.63, 3.8) is 0 Å². The standard InChI is InChI=1S/C23H19F4N5O3S/c1-11(2)8-28-22-18-13(9-29-23(18)31-10-30-22)21(33)19-15(26)5-6-16(20(19)27)32-36(34,35)17-7-12(24)3-4-14(17)25/h3-7,9-11,32H,8H2,1-2H3,(H2,28,29,30,31). The van der Waals surface area contributed by atoms with E-state index >= 15 is 4.39 Å². The molecule has 13 heteroatoms. The van der Waals surface area contributed by atoms with Crippen molar-refractivity contribution in [2.45, 2.75) is 18.7 Å². The van der Waals surface area contributed by atoms with Crippen LogP contribution in [0.4, 0.5) is 29.1 Å². The fourth-order valence-electron chi connectivity index (χ4n) is 3.43. The van der Waals surface area contributed by atoms with E-state index in [-0.39, 0.29) is 28.3 Å². The molecule has 36 heavy (non-hydrogen) atoms. The van der Waals surface area contributed by atoms with Gasteiger partial charge in [0, 0.05) is 12.7 Å². The molecule has 0 aliphatic heterocycles. The largest absolute Gasteiger partial charge is 0.369 e. The molecule has 4 rings (SSSR count). The van der Waals surface area contributed by atoms with Crippen LogP contribution in [-0.2, 0) is 10.0 Å². The van der Waals surface area contributed by atoms with Crippen LogP contribution in [0.3, 0.4) is 0 Å². The fraction of sp³-hybridized carbons (Fsp3) is 0.174. The molecule has 0 amide bonds. The van der Waals surface area contributed by atoms with Gasteiger partial charge in [-0.2, -0.15) is 0 Å². The van der Waals surface area contributed by atoms with Crippen molar-refractivity contribution in [3.05, 3.63) is 77.3 Å². The molecule has 0 unspecified atom stereocenters. The van der Waals surface area contributed by atoms with Gasteiger partial charge < -0.3 is 10.3 Å². The molecular formula is C23H19F4N5O3S. The lowest BCUT2D eigenvalue weighted by Gasteiger charge is -2.13. The zero-order valence-electron chi connectivity index (χ0n) is 18.9. The number of anilines is 2. The van der Waals surface area contributed by atoms with Crippen molar-refractivity contribution >= 4 is 38.3 Å². The molecule has 0 bridgehead atoms. The fourth-order valence-corrected chi connectivity index (χ4v) is 4.58. The summed E-state index contributed by atoms with van der Waals surface area (Å²) >= 11 is 0. The smallest absolute Gasteiger partial charge is 0.265 e. The van der Waals surface area contributed by atoms with Crippen molar-refractivity contribution in [1.82, 2.24) is 15.0 Å². The first kappa shape index (κ1) is 25.1. The van der Waals surface area contributed by atoms with Gasteiger partial charge in [0.15, 0.2) is 5.82 Å². The summed E-state index contributed by atoms with van der Waals surface area (Å²) < 4.78 is 84.4. The van der Waals surface area contributed by atoms with E-state index in [9.17, 15) is 26.4 Å². The number of nitrogens with zero attached hydrogens (tertiary/aromatic N) is 2. The molecule has 2 aromatic heterocycles. The highest BCUT2D eigenvalue weighted by molar-refractivity contribution is 7.92. The van der Waals surface area contributed by atoms with E-state index in [0.717, 1.165) is 6.07 Å². The third-order valence-electron chi connectivity index (χ3n) is 5.14. The van der Waals surface area contributed by atoms with Gasteiger partial charge in [-0.15, -0.1) is 0 Å². The Morgan fingerprint density at radius 3 is 2.50 bits per heavy atom. The molecule has 0 saturated heterocycles. The number of aromatic amines is 1. The van der Waals surface area contributed by atoms with Crippen LogP contribution in [0.5, 0.6) is 0 Å². The van der Waals surface area contributed by atoms with Crippen LogP contribution in [0.15, 0.2) is 47.8 Å². The van der Waals surface area contributed by atoms with Crippen LogP contribution < -0.4 is 10.0 Å². The Labute approximate surface area is 202 Å². The topological polar surface area (TPSA) is 117 Å². The molecule has 4 aromatic rings. The van der Waals surface area contributed by atoms with Crippen molar-refractivity contribution < 1.29 is 30.8 Å². The molecule has 2 aromatic carbocycles. The summed E-state index contributed by atoms with van der Waals surface area (Å²) in [6.07, 6.45) is 2.46. The molecule has 2 heterocycles. The Morgan fingerprint density at radius 1 is 1.06 bits per heavy atom. The van der Waals surface area contributed by atoms with Gasteiger partial charge in [-0.05, 0) is 36.2 Å². The minimum atomic E-state index is -4.83. The predicted octanol–water partition coefficient (Wildman–Crippen LogP) is 4.61. The van der Waals surface area contributed by atoms with Gasteiger partial charge >= 0.3 is 0 Å². The number of fused-ring (bicyclic) bond motifs is 1. The number of nitrogens with one attached hydrogen (secondary N) is 3. The van der Waals surface area contributed by atoms with Crippen LogP contribution in [0.2, 0.25) is 0 Å². The summed E-state index contributed by atoms with van der Waals surface area (Å²) in [7, 11) is -4.83. The molecule has 3 N–H and O–H groups in total. The van der Waals surface area contributed by atoms with Crippen LogP contribution >= 0.6 is 0 Å². The van der Waals surface area contributed by atoms with Crippen LogP contribution in [0.25, 0.3) is 11.0 Å². The molecule has 8 nitrogen and oxygen atoms in total. The number of benzene rings is 2. The van der Waals surface area contributed by atoms with E-state index in [0.29, 0.717) is 30.8 Å². The van der Waals surface area contributed by atoms with Gasteiger partial charge in [0.05, 0.1) is 22.2 Å². The molecule has 0 aliphatic carbocycles. The maximum Gasteiger partial charge on any atom is 0.265 e. The monoisotopic (exact) mass is 521 g/mol. The highest BCUT2D eigenvalue weighted by Gasteiger charge is 2.28. The second-order valence-corrected chi connectivity index (χ2v) is 9.87. The normalized spacial score (nSPS) is 11.8. The first-order chi connectivity index (χ1) is 17.0. The molecule has 0 radical (unpaired) electrons. The van der Waals surface area contributed by atoms with Crippen molar-refractivity contribution in [1.29, 1.82) is 0 Å². The molecule has 0 saturated carbocycles. The van der Waals surface area contributed by atoms with E-state index in [4.69, 9.17) is 0 Å². The van der Waals surface area contributed by atoms with Gasteiger partial charge in [0.1, 0.15) is 40.1 Å². The lowest BCUT2D eigenvalue weighted by atomic mass is 10.0. The highest BCUT2D eigenvalue weighted by Crippen LogP contribution is 2.30. The van der Waals surface area contributed by atoms with Crippen LogP contribution in [-0.4, -0.2) is 35.7 Å². The highest BCUT2D eigenvalue weighted by atomic mass is 32.2. The Morgan fingerprint density at radius 2 is 1.78 bits per heavy atom. The van der Waals surface area contributed by atoms with Gasteiger partial charge in [0.25, 0.3) is 10.0 Å². The number of rotatable bonds is 8. The molecule has 0 aliphatic rings. The number of carbonyl (C=O) groups excluding carboxylic acids is 1. The molecular weight excluding hydrogens is 502 g/mol. The lowest BCUT2D eigenvalue weighted by Crippen LogP contribution is -2.18. The number of H-pyrrole nitrogens is 1. The summed E-state index contributed by atoms with van der Waals surface area (Å²) in [6, 6.07) is 3.11. The van der Waals surface area contributed by atoms with Crippen LogP contribution in [0, 0.1) is 29.2 Å². The number of aromatic nitrogens is 3. The van der Waals surface area contributed by atoms with Crippen LogP contribution in [0.1, 0.15) is 29.8 Å². The summed E-state index contributed by atoms with van der Waals surface area (Å²) in [4.78, 5) is 23.1. The summed E-state index contributed by atoms with van der Waals surface area (Å²) in [5.74, 6) is -5.77. The first-order valence-electron chi connectivity index (χ1n) is 10.6. The SMILES string of the molecule is CC(C)CNc1ncnc2[nH]cc(C(=O)c3c(F)ccc(NS(=O)(=O)c4cc(F)ccc4F)c3F)c12. The second kappa shape index (κ2) is 9.57. The van der Waals surface area contributed by atoms with E-state index < -0.39 is 55.2 Å². The van der Waals surface area contributed by atoms with Gasteiger partial charge in [-0.25, -0.2) is 35.9 Å². The molecule has 0 atom stereocenters. The maximum atomic E-state index is 15.3. The molecule has 0 spiro atoms.